The summed E-state index contributed by atoms with van der Waals surface area (Å²) in [6.07, 6.45) is -2.88. The molecule has 0 atom stereocenters. The number of halogens is 3. The third-order valence-corrected chi connectivity index (χ3v) is 5.24. The zero-order chi connectivity index (χ0) is 19.4. The molecule has 4 nitrogen and oxygen atoms in total. The number of anilines is 1. The highest BCUT2D eigenvalue weighted by Crippen LogP contribution is 2.29. The molecule has 1 aromatic heterocycles. The van der Waals surface area contributed by atoms with Crippen LogP contribution in [0.3, 0.4) is 0 Å². The number of amides is 1. The van der Waals surface area contributed by atoms with E-state index in [0.29, 0.717) is 0 Å². The van der Waals surface area contributed by atoms with E-state index in [1.807, 2.05) is 12.3 Å². The molecule has 1 saturated heterocycles. The average molecular weight is 393 g/mol. The van der Waals surface area contributed by atoms with Gasteiger partial charge in [-0.2, -0.15) is 13.2 Å². The van der Waals surface area contributed by atoms with E-state index < -0.39 is 17.6 Å². The first kappa shape index (κ1) is 19.2. The third-order valence-electron chi connectivity index (χ3n) is 4.22. The highest BCUT2D eigenvalue weighted by molar-refractivity contribution is 7.13. The van der Waals surface area contributed by atoms with Gasteiger partial charge in [0.25, 0.3) is 5.91 Å². The molecule has 1 fully saturated rings. The molecule has 142 valence electrons. The number of nitrogens with zero attached hydrogens (tertiary/aromatic N) is 2. The molecule has 1 aliphatic rings. The fourth-order valence-corrected chi connectivity index (χ4v) is 3.68. The summed E-state index contributed by atoms with van der Waals surface area (Å²) in [4.78, 5) is 18.6. The summed E-state index contributed by atoms with van der Waals surface area (Å²) in [5, 5.41) is 5.83. The lowest BCUT2D eigenvalue weighted by Gasteiger charge is -2.31. The predicted molar refractivity (Wildman–Crippen MR) is 98.6 cm³/mol. The number of aryl methyl sites for hydroxylation is 1. The molecule has 0 spiro atoms. The van der Waals surface area contributed by atoms with E-state index >= 15 is 0 Å². The molecule has 0 bridgehead atoms. The second-order valence-corrected chi connectivity index (χ2v) is 7.17. The number of carbonyl (C=O) groups is 1. The zero-order valence-corrected chi connectivity index (χ0v) is 15.5. The largest absolute Gasteiger partial charge is 0.416 e. The lowest BCUT2D eigenvalue weighted by molar-refractivity contribution is -0.137. The summed E-state index contributed by atoms with van der Waals surface area (Å²) in [6.45, 7) is 3.54. The summed E-state index contributed by atoms with van der Waals surface area (Å²) < 4.78 is 38.1. The molecule has 8 heteroatoms. The minimum atomic E-state index is -4.43. The Bertz CT molecular complexity index is 874. The predicted octanol–water partition coefficient (Wildman–Crippen LogP) is 3.61. The number of nitrogens with one attached hydrogen (secondary N) is 1. The number of alkyl halides is 3. The van der Waals surface area contributed by atoms with Crippen LogP contribution in [0.1, 0.15) is 29.7 Å². The fraction of sp³-hybridized carbons (Fsp3) is 0.368. The van der Waals surface area contributed by atoms with Crippen molar-refractivity contribution in [2.45, 2.75) is 32.0 Å². The number of piperidine rings is 1. The van der Waals surface area contributed by atoms with E-state index in [2.05, 4.69) is 27.0 Å². The van der Waals surface area contributed by atoms with Crippen LogP contribution in [0.4, 0.5) is 18.3 Å². The third kappa shape index (κ3) is 5.23. The highest BCUT2D eigenvalue weighted by Gasteiger charge is 2.30. The molecule has 3 rings (SSSR count). The molecule has 1 amide bonds. The van der Waals surface area contributed by atoms with E-state index in [4.69, 9.17) is 0 Å². The van der Waals surface area contributed by atoms with Gasteiger partial charge in [0.1, 0.15) is 0 Å². The molecule has 0 aliphatic carbocycles. The van der Waals surface area contributed by atoms with E-state index in [1.54, 1.807) is 11.3 Å². The Labute approximate surface area is 159 Å². The van der Waals surface area contributed by atoms with Gasteiger partial charge >= 0.3 is 6.18 Å². The van der Waals surface area contributed by atoms with Crippen LogP contribution in [0.2, 0.25) is 0 Å². The monoisotopic (exact) mass is 393 g/mol. The quantitative estimate of drug-likeness (QED) is 0.793. The van der Waals surface area contributed by atoms with E-state index in [1.165, 1.54) is 12.1 Å². The minimum Gasteiger partial charge on any atom is -0.348 e. The van der Waals surface area contributed by atoms with Crippen LogP contribution in [-0.2, 0) is 11.0 Å². The lowest BCUT2D eigenvalue weighted by atomic mass is 10.1. The maximum absolute atomic E-state index is 12.7. The molecule has 2 heterocycles. The van der Waals surface area contributed by atoms with Crippen LogP contribution in [0.15, 0.2) is 29.6 Å². The number of carbonyl (C=O) groups excluding carboxylic acids is 1. The van der Waals surface area contributed by atoms with Gasteiger partial charge in [0.05, 0.1) is 11.3 Å². The van der Waals surface area contributed by atoms with Gasteiger partial charge in [0, 0.05) is 36.0 Å². The number of hydrogen-bond donors (Lipinski definition) is 1. The number of thiazole rings is 1. The van der Waals surface area contributed by atoms with Crippen molar-refractivity contribution in [3.05, 3.63) is 46.5 Å². The van der Waals surface area contributed by atoms with Crippen molar-refractivity contribution in [2.24, 2.45) is 0 Å². The standard InChI is InChI=1S/C19H18F3N3OS/c1-13-12-27-18(23-13)25-9-7-16(8-10-25)24-17(26)6-5-14-3-2-4-15(11-14)19(20,21)22/h2-4,11-12,16H,7-10H2,1H3,(H,24,26). The average Bonchev–Trinajstić information content (AvgIpc) is 3.07. The summed E-state index contributed by atoms with van der Waals surface area (Å²) in [5.74, 6) is 4.41. The number of rotatable bonds is 2. The van der Waals surface area contributed by atoms with Gasteiger partial charge < -0.3 is 10.2 Å². The molecule has 27 heavy (non-hydrogen) atoms. The number of aromatic nitrogens is 1. The number of hydrogen-bond acceptors (Lipinski definition) is 4. The molecule has 0 saturated carbocycles. The normalized spacial score (nSPS) is 15.2. The second-order valence-electron chi connectivity index (χ2n) is 6.33. The van der Waals surface area contributed by atoms with Crippen LogP contribution in [0.5, 0.6) is 0 Å². The second kappa shape index (κ2) is 8.01. The Morgan fingerprint density at radius 2 is 2.07 bits per heavy atom. The SMILES string of the molecule is Cc1csc(N2CCC(NC(=O)C#Cc3cccc(C(F)(F)F)c3)CC2)n1. The van der Waals surface area contributed by atoms with Crippen molar-refractivity contribution >= 4 is 22.4 Å². The Morgan fingerprint density at radius 1 is 1.33 bits per heavy atom. The van der Waals surface area contributed by atoms with Crippen LogP contribution in [0.25, 0.3) is 0 Å². The molecular formula is C19H18F3N3OS. The fourth-order valence-electron chi connectivity index (χ4n) is 2.83. The molecule has 1 N–H and O–H groups in total. The van der Waals surface area contributed by atoms with Crippen LogP contribution in [0, 0.1) is 18.8 Å². The smallest absolute Gasteiger partial charge is 0.348 e. The molecule has 1 aliphatic heterocycles. The van der Waals surface area contributed by atoms with E-state index in [9.17, 15) is 18.0 Å². The lowest BCUT2D eigenvalue weighted by Crippen LogP contribution is -2.44. The number of benzene rings is 1. The Morgan fingerprint density at radius 3 is 2.70 bits per heavy atom. The minimum absolute atomic E-state index is 0.00520. The summed E-state index contributed by atoms with van der Waals surface area (Å²) >= 11 is 1.60. The van der Waals surface area contributed by atoms with Gasteiger partial charge in [0.15, 0.2) is 5.13 Å². The van der Waals surface area contributed by atoms with Crippen LogP contribution >= 0.6 is 11.3 Å². The molecule has 1 aromatic carbocycles. The van der Waals surface area contributed by atoms with Crippen molar-refractivity contribution in [3.8, 4) is 11.8 Å². The topological polar surface area (TPSA) is 45.2 Å². The van der Waals surface area contributed by atoms with Gasteiger partial charge in [-0.15, -0.1) is 11.3 Å². The maximum atomic E-state index is 12.7. The van der Waals surface area contributed by atoms with Gasteiger partial charge in [-0.1, -0.05) is 12.0 Å². The molecule has 0 radical (unpaired) electrons. The Kier molecular flexibility index (Phi) is 5.71. The van der Waals surface area contributed by atoms with Crippen molar-refractivity contribution in [1.29, 1.82) is 0 Å². The van der Waals surface area contributed by atoms with Crippen molar-refractivity contribution in [2.75, 3.05) is 18.0 Å². The summed E-state index contributed by atoms with van der Waals surface area (Å²) in [6, 6.07) is 4.65. The van der Waals surface area contributed by atoms with E-state index in [-0.39, 0.29) is 11.6 Å². The maximum Gasteiger partial charge on any atom is 0.416 e. The van der Waals surface area contributed by atoms with Gasteiger partial charge in [-0.05, 0) is 38.0 Å². The summed E-state index contributed by atoms with van der Waals surface area (Å²) in [5.41, 5.74) is 0.378. The Balaban J connectivity index is 1.53. The molecule has 2 aromatic rings. The molecule has 0 unspecified atom stereocenters. The molecular weight excluding hydrogens is 375 g/mol. The van der Waals surface area contributed by atoms with Crippen molar-refractivity contribution < 1.29 is 18.0 Å². The highest BCUT2D eigenvalue weighted by atomic mass is 32.1. The van der Waals surface area contributed by atoms with Gasteiger partial charge in [0.2, 0.25) is 0 Å². The van der Waals surface area contributed by atoms with Gasteiger partial charge in [-0.25, -0.2) is 4.98 Å². The first-order valence-electron chi connectivity index (χ1n) is 8.48. The van der Waals surface area contributed by atoms with Crippen LogP contribution < -0.4 is 10.2 Å². The first-order chi connectivity index (χ1) is 12.8. The summed E-state index contributed by atoms with van der Waals surface area (Å²) in [7, 11) is 0. The van der Waals surface area contributed by atoms with Crippen molar-refractivity contribution in [1.82, 2.24) is 10.3 Å². The first-order valence-corrected chi connectivity index (χ1v) is 9.36. The Hall–Kier alpha value is -2.53. The van der Waals surface area contributed by atoms with Crippen LogP contribution in [-0.4, -0.2) is 30.0 Å². The van der Waals surface area contributed by atoms with E-state index in [0.717, 1.165) is 48.9 Å². The zero-order valence-electron chi connectivity index (χ0n) is 14.6. The van der Waals surface area contributed by atoms with Gasteiger partial charge in [-0.3, -0.25) is 4.79 Å². The van der Waals surface area contributed by atoms with Crippen molar-refractivity contribution in [3.63, 3.8) is 0 Å².